The first kappa shape index (κ1) is 10.4. The molecule has 0 N–H and O–H groups in total. The SMILES string of the molecule is CCC(=O)C#Cc1cccc2ccccc12. The highest BCUT2D eigenvalue weighted by Crippen LogP contribution is 2.17. The second-order valence-electron chi connectivity index (χ2n) is 3.55. The normalized spacial score (nSPS) is 9.56. The lowest BCUT2D eigenvalue weighted by Gasteiger charge is -1.98. The van der Waals surface area contributed by atoms with Crippen LogP contribution in [0.2, 0.25) is 0 Å². The molecule has 0 fully saturated rings. The van der Waals surface area contributed by atoms with Gasteiger partial charge in [-0.1, -0.05) is 49.2 Å². The van der Waals surface area contributed by atoms with Gasteiger partial charge in [-0.3, -0.25) is 4.79 Å². The van der Waals surface area contributed by atoms with Crippen LogP contribution in [0.4, 0.5) is 0 Å². The van der Waals surface area contributed by atoms with E-state index in [-0.39, 0.29) is 5.78 Å². The van der Waals surface area contributed by atoms with Gasteiger partial charge in [0, 0.05) is 12.0 Å². The van der Waals surface area contributed by atoms with E-state index in [1.165, 1.54) is 0 Å². The predicted octanol–water partition coefficient (Wildman–Crippen LogP) is 3.17. The number of Topliss-reactive ketones (excluding diaryl/α,β-unsaturated/α-hetero) is 1. The summed E-state index contributed by atoms with van der Waals surface area (Å²) in [4.78, 5) is 11.1. The molecule has 0 saturated carbocycles. The molecule has 2 aromatic rings. The monoisotopic (exact) mass is 208 g/mol. The van der Waals surface area contributed by atoms with Crippen molar-refractivity contribution < 1.29 is 4.79 Å². The summed E-state index contributed by atoms with van der Waals surface area (Å²) in [6.07, 6.45) is 0.470. The fraction of sp³-hybridized carbons (Fsp3) is 0.133. The average molecular weight is 208 g/mol. The fourth-order valence-corrected chi connectivity index (χ4v) is 1.56. The number of carbonyl (C=O) groups is 1. The molecule has 0 spiro atoms. The minimum absolute atomic E-state index is 0.0204. The van der Waals surface area contributed by atoms with Crippen LogP contribution in [0.5, 0.6) is 0 Å². The smallest absolute Gasteiger partial charge is 0.205 e. The molecule has 0 atom stereocenters. The first-order chi connectivity index (χ1) is 7.81. The van der Waals surface area contributed by atoms with E-state index in [2.05, 4.69) is 11.8 Å². The molecule has 16 heavy (non-hydrogen) atoms. The largest absolute Gasteiger partial charge is 0.285 e. The lowest BCUT2D eigenvalue weighted by molar-refractivity contribution is -0.113. The molecule has 0 saturated heterocycles. The van der Waals surface area contributed by atoms with E-state index in [0.29, 0.717) is 6.42 Å². The molecule has 0 bridgehead atoms. The van der Waals surface area contributed by atoms with Crippen molar-refractivity contribution in [1.29, 1.82) is 0 Å². The van der Waals surface area contributed by atoms with Gasteiger partial charge >= 0.3 is 0 Å². The Morgan fingerprint density at radius 1 is 1.12 bits per heavy atom. The van der Waals surface area contributed by atoms with Crippen LogP contribution >= 0.6 is 0 Å². The molecule has 2 aromatic carbocycles. The molecule has 2 rings (SSSR count). The Bertz CT molecular complexity index is 580. The number of hydrogen-bond donors (Lipinski definition) is 0. The molecule has 1 heteroatoms. The van der Waals surface area contributed by atoms with Crippen molar-refractivity contribution in [2.24, 2.45) is 0 Å². The highest BCUT2D eigenvalue weighted by Gasteiger charge is 1.96. The van der Waals surface area contributed by atoms with Gasteiger partial charge in [0.2, 0.25) is 5.78 Å². The van der Waals surface area contributed by atoms with Crippen molar-refractivity contribution in [3.8, 4) is 11.8 Å². The van der Waals surface area contributed by atoms with Crippen LogP contribution in [0, 0.1) is 11.8 Å². The van der Waals surface area contributed by atoms with Crippen molar-refractivity contribution in [1.82, 2.24) is 0 Å². The maximum absolute atomic E-state index is 11.1. The van der Waals surface area contributed by atoms with Crippen LogP contribution in [-0.2, 0) is 4.79 Å². The number of fused-ring (bicyclic) bond motifs is 1. The second kappa shape index (κ2) is 4.63. The Kier molecular flexibility index (Phi) is 3.03. The molecule has 0 aromatic heterocycles. The Morgan fingerprint density at radius 3 is 2.69 bits per heavy atom. The van der Waals surface area contributed by atoms with E-state index >= 15 is 0 Å². The Balaban J connectivity index is 2.51. The lowest BCUT2D eigenvalue weighted by Crippen LogP contribution is -1.88. The Morgan fingerprint density at radius 2 is 1.88 bits per heavy atom. The summed E-state index contributed by atoms with van der Waals surface area (Å²) < 4.78 is 0. The highest BCUT2D eigenvalue weighted by atomic mass is 16.1. The van der Waals surface area contributed by atoms with E-state index < -0.39 is 0 Å². The third-order valence-electron chi connectivity index (χ3n) is 2.45. The molecule has 0 unspecified atom stereocenters. The summed E-state index contributed by atoms with van der Waals surface area (Å²) in [5.74, 6) is 5.57. The van der Waals surface area contributed by atoms with E-state index in [4.69, 9.17) is 0 Å². The standard InChI is InChI=1S/C15H12O/c1-2-14(16)11-10-13-8-5-7-12-6-3-4-9-15(12)13/h3-9H,2H2,1H3. The third kappa shape index (κ3) is 2.12. The minimum atomic E-state index is -0.0204. The minimum Gasteiger partial charge on any atom is -0.285 e. The van der Waals surface area contributed by atoms with Crippen molar-refractivity contribution >= 4 is 16.6 Å². The number of carbonyl (C=O) groups excluding carboxylic acids is 1. The van der Waals surface area contributed by atoms with E-state index in [1.54, 1.807) is 0 Å². The summed E-state index contributed by atoms with van der Waals surface area (Å²) in [5.41, 5.74) is 0.917. The topological polar surface area (TPSA) is 17.1 Å². The zero-order valence-corrected chi connectivity index (χ0v) is 9.16. The van der Waals surface area contributed by atoms with E-state index in [0.717, 1.165) is 16.3 Å². The van der Waals surface area contributed by atoms with Gasteiger partial charge in [0.15, 0.2) is 0 Å². The first-order valence-corrected chi connectivity index (χ1v) is 5.34. The highest BCUT2D eigenvalue weighted by molar-refractivity contribution is 5.97. The molecular formula is C15H12O. The molecular weight excluding hydrogens is 196 g/mol. The van der Waals surface area contributed by atoms with Gasteiger partial charge in [0.1, 0.15) is 0 Å². The van der Waals surface area contributed by atoms with Crippen molar-refractivity contribution in [3.63, 3.8) is 0 Å². The number of benzene rings is 2. The summed E-state index contributed by atoms with van der Waals surface area (Å²) in [6.45, 7) is 1.82. The summed E-state index contributed by atoms with van der Waals surface area (Å²) in [6, 6.07) is 14.0. The van der Waals surface area contributed by atoms with Crippen LogP contribution in [0.15, 0.2) is 42.5 Å². The zero-order valence-electron chi connectivity index (χ0n) is 9.16. The van der Waals surface area contributed by atoms with Crippen LogP contribution in [0.1, 0.15) is 18.9 Å². The molecule has 0 radical (unpaired) electrons. The Hall–Kier alpha value is -2.07. The zero-order chi connectivity index (χ0) is 11.4. The predicted molar refractivity (Wildman–Crippen MR) is 66.1 cm³/mol. The lowest BCUT2D eigenvalue weighted by atomic mass is 10.0. The van der Waals surface area contributed by atoms with Gasteiger partial charge in [0.25, 0.3) is 0 Å². The molecule has 0 aliphatic carbocycles. The van der Waals surface area contributed by atoms with Crippen molar-refractivity contribution in [2.75, 3.05) is 0 Å². The molecule has 0 amide bonds. The number of rotatable bonds is 1. The maximum Gasteiger partial charge on any atom is 0.205 e. The van der Waals surface area contributed by atoms with E-state index in [1.807, 2.05) is 49.4 Å². The van der Waals surface area contributed by atoms with Crippen molar-refractivity contribution in [3.05, 3.63) is 48.0 Å². The van der Waals surface area contributed by atoms with Crippen LogP contribution in [0.3, 0.4) is 0 Å². The fourth-order valence-electron chi connectivity index (χ4n) is 1.56. The summed E-state index contributed by atoms with van der Waals surface area (Å²) in [5, 5.41) is 2.25. The third-order valence-corrected chi connectivity index (χ3v) is 2.45. The first-order valence-electron chi connectivity index (χ1n) is 5.34. The van der Waals surface area contributed by atoms with E-state index in [9.17, 15) is 4.79 Å². The molecule has 0 aliphatic rings. The van der Waals surface area contributed by atoms with Gasteiger partial charge < -0.3 is 0 Å². The van der Waals surface area contributed by atoms with Gasteiger partial charge in [0.05, 0.1) is 0 Å². The molecule has 1 nitrogen and oxygen atoms in total. The molecule has 0 heterocycles. The molecule has 0 aliphatic heterocycles. The quantitative estimate of drug-likeness (QED) is 0.658. The van der Waals surface area contributed by atoms with Crippen molar-refractivity contribution in [2.45, 2.75) is 13.3 Å². The van der Waals surface area contributed by atoms with Gasteiger partial charge in [-0.25, -0.2) is 0 Å². The number of hydrogen-bond acceptors (Lipinski definition) is 1. The number of ketones is 1. The van der Waals surface area contributed by atoms with Gasteiger partial charge in [-0.2, -0.15) is 0 Å². The van der Waals surface area contributed by atoms with Crippen LogP contribution in [-0.4, -0.2) is 5.78 Å². The second-order valence-corrected chi connectivity index (χ2v) is 3.55. The average Bonchev–Trinajstić information content (AvgIpc) is 2.35. The molecule has 78 valence electrons. The summed E-state index contributed by atoms with van der Waals surface area (Å²) in [7, 11) is 0. The van der Waals surface area contributed by atoms with Gasteiger partial charge in [-0.15, -0.1) is 0 Å². The van der Waals surface area contributed by atoms with Crippen LogP contribution < -0.4 is 0 Å². The van der Waals surface area contributed by atoms with Gasteiger partial charge in [-0.05, 0) is 22.8 Å². The Labute approximate surface area is 95.1 Å². The van der Waals surface area contributed by atoms with Crippen LogP contribution in [0.25, 0.3) is 10.8 Å². The summed E-state index contributed by atoms with van der Waals surface area (Å²) >= 11 is 0. The maximum atomic E-state index is 11.1.